The summed E-state index contributed by atoms with van der Waals surface area (Å²) in [6, 6.07) is 1.39. The molecule has 0 radical (unpaired) electrons. The Labute approximate surface area is 303 Å². The summed E-state index contributed by atoms with van der Waals surface area (Å²) in [5.74, 6) is -1.41. The summed E-state index contributed by atoms with van der Waals surface area (Å²) in [5.41, 5.74) is -0.117. The van der Waals surface area contributed by atoms with Gasteiger partial charge in [0.25, 0.3) is 0 Å². The first kappa shape index (κ1) is 35.7. The van der Waals surface area contributed by atoms with E-state index in [0.29, 0.717) is 36.1 Å². The van der Waals surface area contributed by atoms with Gasteiger partial charge in [0.1, 0.15) is 34.0 Å². The maximum absolute atomic E-state index is 17.4. The molecule has 274 valence electrons. The second-order valence-corrected chi connectivity index (χ2v) is 16.1. The Balaban J connectivity index is 1.41. The molecule has 2 N–H and O–H groups in total. The summed E-state index contributed by atoms with van der Waals surface area (Å²) >= 11 is 0.826. The van der Waals surface area contributed by atoms with Crippen LogP contribution in [0.4, 0.5) is 24.4 Å². The van der Waals surface area contributed by atoms with Gasteiger partial charge < -0.3 is 29.3 Å². The van der Waals surface area contributed by atoms with Crippen LogP contribution >= 0.6 is 11.3 Å². The number of likely N-dealkylation sites (tertiary alicyclic amines) is 1. The SMILES string of the molecule is CN(C)CC1(COc2nc(N[C@@H]3CCCN(C)C3=O)c3c4c(c(-c5ncc(F)c6sc(NC(=O)OC(C)(C)C)c(C#N)c56)c(F)c3n2)COC4)CC1. The van der Waals surface area contributed by atoms with Gasteiger partial charge in [-0.05, 0) is 71.7 Å². The van der Waals surface area contributed by atoms with Crippen LogP contribution < -0.4 is 15.4 Å². The molecule has 1 aromatic carbocycles. The third-order valence-electron chi connectivity index (χ3n) is 9.50. The molecule has 5 heterocycles. The van der Waals surface area contributed by atoms with Crippen LogP contribution in [-0.4, -0.2) is 89.2 Å². The largest absolute Gasteiger partial charge is 0.463 e. The molecule has 3 aromatic heterocycles. The number of piperidine rings is 1. The number of thiophene rings is 1. The van der Waals surface area contributed by atoms with Gasteiger partial charge in [0.2, 0.25) is 5.91 Å². The van der Waals surface area contributed by atoms with Crippen molar-refractivity contribution >= 4 is 55.1 Å². The van der Waals surface area contributed by atoms with Crippen LogP contribution in [0, 0.1) is 28.4 Å². The van der Waals surface area contributed by atoms with E-state index in [1.165, 1.54) is 0 Å². The predicted octanol–water partition coefficient (Wildman–Crippen LogP) is 6.19. The van der Waals surface area contributed by atoms with Gasteiger partial charge in [0.05, 0.1) is 47.4 Å². The molecule has 0 spiro atoms. The van der Waals surface area contributed by atoms with Crippen molar-refractivity contribution < 1.29 is 32.6 Å². The number of fused-ring (bicyclic) bond motifs is 4. The Hall–Kier alpha value is -4.72. The fourth-order valence-electron chi connectivity index (χ4n) is 7.02. The van der Waals surface area contributed by atoms with E-state index in [4.69, 9.17) is 19.2 Å². The Morgan fingerprint density at radius 3 is 2.65 bits per heavy atom. The summed E-state index contributed by atoms with van der Waals surface area (Å²) in [4.78, 5) is 43.3. The molecule has 52 heavy (non-hydrogen) atoms. The first-order valence-electron chi connectivity index (χ1n) is 17.1. The van der Waals surface area contributed by atoms with E-state index in [1.54, 1.807) is 32.7 Å². The number of nitriles is 1. The molecule has 1 saturated carbocycles. The minimum absolute atomic E-state index is 0.00407. The second kappa shape index (κ2) is 13.4. The number of hydrogen-bond acceptors (Lipinski definition) is 12. The van der Waals surface area contributed by atoms with Gasteiger partial charge in [-0.2, -0.15) is 15.2 Å². The number of benzene rings is 1. The van der Waals surface area contributed by atoms with Crippen LogP contribution in [0.2, 0.25) is 0 Å². The van der Waals surface area contributed by atoms with Gasteiger partial charge >= 0.3 is 12.1 Å². The Morgan fingerprint density at radius 2 is 1.96 bits per heavy atom. The van der Waals surface area contributed by atoms with Crippen LogP contribution in [-0.2, 0) is 27.5 Å². The van der Waals surface area contributed by atoms with Gasteiger partial charge in [-0.15, -0.1) is 11.3 Å². The third-order valence-corrected chi connectivity index (χ3v) is 10.6. The van der Waals surface area contributed by atoms with Crippen molar-refractivity contribution in [1.29, 1.82) is 5.26 Å². The van der Waals surface area contributed by atoms with Crippen molar-refractivity contribution in [3.8, 4) is 23.3 Å². The normalized spacial score (nSPS) is 18.1. The average molecular weight is 735 g/mol. The topological polar surface area (TPSA) is 155 Å². The lowest BCUT2D eigenvalue weighted by Gasteiger charge is -2.30. The number of pyridine rings is 1. The molecule has 3 aliphatic rings. The molecule has 16 heteroatoms. The number of nitrogens with one attached hydrogen (secondary N) is 2. The maximum Gasteiger partial charge on any atom is 0.412 e. The van der Waals surface area contributed by atoms with Crippen molar-refractivity contribution in [2.45, 2.75) is 71.3 Å². The smallest absolute Gasteiger partial charge is 0.412 e. The van der Waals surface area contributed by atoms with Gasteiger partial charge in [0.15, 0.2) is 11.6 Å². The zero-order chi connectivity index (χ0) is 37.1. The Morgan fingerprint density at radius 1 is 1.21 bits per heavy atom. The second-order valence-electron chi connectivity index (χ2n) is 15.0. The molecule has 0 unspecified atom stereocenters. The molecule has 1 saturated heterocycles. The molecular formula is C36H40F2N8O5S. The highest BCUT2D eigenvalue weighted by Gasteiger charge is 2.44. The zero-order valence-corrected chi connectivity index (χ0v) is 30.7. The molecule has 0 bridgehead atoms. The Bertz CT molecular complexity index is 2160. The van der Waals surface area contributed by atoms with E-state index in [9.17, 15) is 14.9 Å². The fraction of sp³-hybridized carbons (Fsp3) is 0.500. The predicted molar refractivity (Wildman–Crippen MR) is 191 cm³/mol. The van der Waals surface area contributed by atoms with Gasteiger partial charge in [-0.1, -0.05) is 0 Å². The van der Waals surface area contributed by atoms with E-state index < -0.39 is 29.4 Å². The highest BCUT2D eigenvalue weighted by Crippen LogP contribution is 2.48. The molecule has 2 amide bonds. The fourth-order valence-corrected chi connectivity index (χ4v) is 8.06. The average Bonchev–Trinajstić information content (AvgIpc) is 3.47. The summed E-state index contributed by atoms with van der Waals surface area (Å²) < 4.78 is 50.3. The maximum atomic E-state index is 17.4. The molecule has 2 aliphatic heterocycles. The lowest BCUT2D eigenvalue weighted by molar-refractivity contribution is -0.132. The number of aromatic nitrogens is 3. The summed E-state index contributed by atoms with van der Waals surface area (Å²) in [6.07, 6.45) is 3.40. The molecule has 4 aromatic rings. The van der Waals surface area contributed by atoms with Crippen LogP contribution in [0.25, 0.3) is 32.2 Å². The number of anilines is 2. The first-order valence-corrected chi connectivity index (χ1v) is 17.9. The molecule has 1 aliphatic carbocycles. The number of carbonyl (C=O) groups is 2. The number of carbonyl (C=O) groups excluding carboxylic acids is 2. The number of nitrogens with zero attached hydrogens (tertiary/aromatic N) is 6. The van der Waals surface area contributed by atoms with Crippen LogP contribution in [0.15, 0.2) is 6.20 Å². The third kappa shape index (κ3) is 6.68. The summed E-state index contributed by atoms with van der Waals surface area (Å²) in [5, 5.41) is 16.6. The first-order chi connectivity index (χ1) is 24.7. The number of likely N-dealkylation sites (N-methyl/N-ethyl adjacent to an activating group) is 1. The highest BCUT2D eigenvalue weighted by molar-refractivity contribution is 7.23. The van der Waals surface area contributed by atoms with Crippen molar-refractivity contribution in [2.24, 2.45) is 5.41 Å². The van der Waals surface area contributed by atoms with Gasteiger partial charge in [0, 0.05) is 36.5 Å². The van der Waals surface area contributed by atoms with Crippen molar-refractivity contribution in [1.82, 2.24) is 24.8 Å². The number of rotatable bonds is 9. The van der Waals surface area contributed by atoms with E-state index in [2.05, 4.69) is 31.6 Å². The monoisotopic (exact) mass is 734 g/mol. The lowest BCUT2D eigenvalue weighted by atomic mass is 9.93. The number of halogens is 2. The van der Waals surface area contributed by atoms with E-state index >= 15 is 8.78 Å². The number of ether oxygens (including phenoxy) is 3. The van der Waals surface area contributed by atoms with Crippen molar-refractivity contribution in [3.63, 3.8) is 0 Å². The number of amides is 2. The quantitative estimate of drug-likeness (QED) is 0.202. The minimum atomic E-state index is -0.831. The van der Waals surface area contributed by atoms with E-state index in [1.807, 2.05) is 14.1 Å². The molecular weight excluding hydrogens is 695 g/mol. The molecule has 1 atom stereocenters. The van der Waals surface area contributed by atoms with E-state index in [-0.39, 0.29) is 73.8 Å². The minimum Gasteiger partial charge on any atom is -0.463 e. The Kier molecular flexibility index (Phi) is 9.16. The highest BCUT2D eigenvalue weighted by atomic mass is 32.1. The van der Waals surface area contributed by atoms with Crippen molar-refractivity contribution in [3.05, 3.63) is 34.5 Å². The molecule has 7 rings (SSSR count). The molecule has 13 nitrogen and oxygen atoms in total. The zero-order valence-electron chi connectivity index (χ0n) is 29.9. The van der Waals surface area contributed by atoms with Crippen molar-refractivity contribution in [2.75, 3.05) is 51.5 Å². The lowest BCUT2D eigenvalue weighted by Crippen LogP contribution is -2.45. The van der Waals surface area contributed by atoms with Crippen LogP contribution in [0.1, 0.15) is 63.1 Å². The van der Waals surface area contributed by atoms with E-state index in [0.717, 1.165) is 43.3 Å². The van der Waals surface area contributed by atoms with Gasteiger partial charge in [-0.3, -0.25) is 15.1 Å². The molecule has 2 fully saturated rings. The van der Waals surface area contributed by atoms with Crippen LogP contribution in [0.5, 0.6) is 6.01 Å². The summed E-state index contributed by atoms with van der Waals surface area (Å²) in [6.45, 7) is 6.89. The number of hydrogen-bond donors (Lipinski definition) is 2. The summed E-state index contributed by atoms with van der Waals surface area (Å²) in [7, 11) is 5.73. The standard InChI is InChI=1S/C36H40F2N8O5S/c1-35(2,3)51-34(48)44-31-18(12-39)24-27(40-13-21(37)29(24)52-31)23-19-14-49-15-20(19)25-28(26(23)38)42-33(50-17-36(9-10-36)16-45(4)5)43-30(25)41-22-8-7-11-46(6)32(22)47/h13,22H,7-11,14-17H2,1-6H3,(H,44,48)(H,41,42,43)/t22-/m1/s1. The van der Waals surface area contributed by atoms with Crippen LogP contribution in [0.3, 0.4) is 0 Å². The van der Waals surface area contributed by atoms with Gasteiger partial charge in [-0.25, -0.2) is 13.6 Å².